The maximum atomic E-state index is 13.6. The molecule has 0 radical (unpaired) electrons. The van der Waals surface area contributed by atoms with Gasteiger partial charge in [-0.25, -0.2) is 4.98 Å². The van der Waals surface area contributed by atoms with Gasteiger partial charge < -0.3 is 14.4 Å². The number of hydrogen-bond donors (Lipinski definition) is 0. The lowest BCUT2D eigenvalue weighted by Crippen LogP contribution is -2.25. The highest BCUT2D eigenvalue weighted by molar-refractivity contribution is 5.68. The maximum absolute atomic E-state index is 13.6. The van der Waals surface area contributed by atoms with E-state index < -0.39 is 17.3 Å². The summed E-state index contributed by atoms with van der Waals surface area (Å²) in [5.74, 6) is 0.169. The second-order valence-corrected chi connectivity index (χ2v) is 7.68. The third-order valence-corrected chi connectivity index (χ3v) is 3.99. The first-order chi connectivity index (χ1) is 13.5. The van der Waals surface area contributed by atoms with Gasteiger partial charge in [0.15, 0.2) is 5.82 Å². The van der Waals surface area contributed by atoms with Crippen LogP contribution in [0.15, 0.2) is 30.5 Å². The zero-order valence-electron chi connectivity index (χ0n) is 17.5. The predicted molar refractivity (Wildman–Crippen MR) is 107 cm³/mol. The lowest BCUT2D eigenvalue weighted by atomic mass is 10.1. The molecule has 8 heteroatoms. The molecule has 1 aromatic carbocycles. The molecule has 0 aliphatic rings. The van der Waals surface area contributed by atoms with Crippen LogP contribution in [0.4, 0.5) is 24.7 Å². The topological polar surface area (TPSA) is 47.5 Å². The summed E-state index contributed by atoms with van der Waals surface area (Å²) in [4.78, 5) is 9.17. The van der Waals surface area contributed by atoms with Crippen LogP contribution in [0.3, 0.4) is 0 Å². The lowest BCUT2D eigenvalue weighted by molar-refractivity contribution is -0.137. The first-order valence-corrected chi connectivity index (χ1v) is 9.61. The van der Waals surface area contributed by atoms with Crippen molar-refractivity contribution in [3.05, 3.63) is 36.0 Å². The predicted octanol–water partition coefficient (Wildman–Crippen LogP) is 6.01. The van der Waals surface area contributed by atoms with E-state index in [9.17, 15) is 13.2 Å². The monoisotopic (exact) mass is 411 g/mol. The van der Waals surface area contributed by atoms with Gasteiger partial charge in [0.2, 0.25) is 0 Å². The SMILES string of the molecule is CCCCCOc1ncc(C(F)(F)F)c(N(C)c2ccccc2OC(C)(C)C)n1. The Morgan fingerprint density at radius 2 is 1.76 bits per heavy atom. The van der Waals surface area contributed by atoms with E-state index >= 15 is 0 Å². The number of anilines is 2. The fraction of sp³-hybridized carbons (Fsp3) is 0.524. The molecule has 0 N–H and O–H groups in total. The summed E-state index contributed by atoms with van der Waals surface area (Å²) in [6.07, 6.45) is -1.08. The van der Waals surface area contributed by atoms with Crippen LogP contribution in [0.1, 0.15) is 52.5 Å². The van der Waals surface area contributed by atoms with Crippen LogP contribution >= 0.6 is 0 Å². The minimum atomic E-state index is -4.61. The summed E-state index contributed by atoms with van der Waals surface area (Å²) in [7, 11) is 1.52. The smallest absolute Gasteiger partial charge is 0.421 e. The molecular formula is C21H28F3N3O2. The Morgan fingerprint density at radius 3 is 2.38 bits per heavy atom. The normalized spacial score (nSPS) is 12.0. The van der Waals surface area contributed by atoms with Gasteiger partial charge in [0.25, 0.3) is 0 Å². The van der Waals surface area contributed by atoms with Crippen LogP contribution < -0.4 is 14.4 Å². The number of unbranched alkanes of at least 4 members (excludes halogenated alkanes) is 2. The third kappa shape index (κ3) is 6.51. The van der Waals surface area contributed by atoms with E-state index in [1.165, 1.54) is 11.9 Å². The minimum Gasteiger partial charge on any atom is -0.486 e. The molecule has 0 aliphatic heterocycles. The summed E-state index contributed by atoms with van der Waals surface area (Å²) in [5.41, 5.74) is -0.988. The number of ether oxygens (including phenoxy) is 2. The quantitative estimate of drug-likeness (QED) is 0.498. The molecule has 1 aromatic heterocycles. The third-order valence-electron chi connectivity index (χ3n) is 3.99. The molecule has 160 valence electrons. The van der Waals surface area contributed by atoms with Gasteiger partial charge in [0.1, 0.15) is 16.9 Å². The second kappa shape index (κ2) is 9.33. The van der Waals surface area contributed by atoms with Crippen molar-refractivity contribution in [1.29, 1.82) is 0 Å². The summed E-state index contributed by atoms with van der Waals surface area (Å²) >= 11 is 0. The summed E-state index contributed by atoms with van der Waals surface area (Å²) in [6.45, 7) is 8.03. The number of nitrogens with zero attached hydrogens (tertiary/aromatic N) is 3. The fourth-order valence-electron chi connectivity index (χ4n) is 2.66. The van der Waals surface area contributed by atoms with Crippen LogP contribution in [0, 0.1) is 0 Å². The number of halogens is 3. The van der Waals surface area contributed by atoms with Crippen molar-refractivity contribution in [2.45, 2.75) is 58.7 Å². The molecule has 29 heavy (non-hydrogen) atoms. The molecule has 2 aromatic rings. The van der Waals surface area contributed by atoms with E-state index in [4.69, 9.17) is 9.47 Å². The van der Waals surface area contributed by atoms with Crippen molar-refractivity contribution in [1.82, 2.24) is 9.97 Å². The van der Waals surface area contributed by atoms with Crippen molar-refractivity contribution >= 4 is 11.5 Å². The molecule has 5 nitrogen and oxygen atoms in total. The van der Waals surface area contributed by atoms with Crippen molar-refractivity contribution in [2.75, 3.05) is 18.6 Å². The van der Waals surface area contributed by atoms with Crippen LogP contribution in [0.5, 0.6) is 11.8 Å². The molecule has 1 heterocycles. The standard InChI is InChI=1S/C21H28F3N3O2/c1-6-7-10-13-28-19-25-14-15(21(22,23)24)18(26-19)27(5)16-11-8-9-12-17(16)29-20(2,3)4/h8-9,11-12,14H,6-7,10,13H2,1-5H3. The second-order valence-electron chi connectivity index (χ2n) is 7.68. The average molecular weight is 411 g/mol. The number of hydrogen-bond acceptors (Lipinski definition) is 5. The van der Waals surface area contributed by atoms with Crippen molar-refractivity contribution in [2.24, 2.45) is 0 Å². The molecule has 0 saturated heterocycles. The van der Waals surface area contributed by atoms with Gasteiger partial charge in [-0.3, -0.25) is 0 Å². The van der Waals surface area contributed by atoms with Gasteiger partial charge in [0, 0.05) is 13.2 Å². The van der Waals surface area contributed by atoms with E-state index in [1.807, 2.05) is 20.8 Å². The van der Waals surface area contributed by atoms with Crippen molar-refractivity contribution < 1.29 is 22.6 Å². The average Bonchev–Trinajstić information content (AvgIpc) is 2.63. The van der Waals surface area contributed by atoms with Crippen molar-refractivity contribution in [3.8, 4) is 11.8 Å². The van der Waals surface area contributed by atoms with Crippen LogP contribution in [0.25, 0.3) is 0 Å². The summed E-state index contributed by atoms with van der Waals surface area (Å²) in [5, 5.41) is 0. The van der Waals surface area contributed by atoms with Gasteiger partial charge in [-0.1, -0.05) is 31.9 Å². The van der Waals surface area contributed by atoms with Gasteiger partial charge in [-0.15, -0.1) is 0 Å². The Balaban J connectivity index is 2.43. The van der Waals surface area contributed by atoms with Gasteiger partial charge in [0.05, 0.1) is 12.3 Å². The van der Waals surface area contributed by atoms with Crippen LogP contribution in [-0.2, 0) is 6.18 Å². The highest BCUT2D eigenvalue weighted by atomic mass is 19.4. The summed E-state index contributed by atoms with van der Waals surface area (Å²) in [6, 6.07) is 6.83. The molecule has 0 bridgehead atoms. The largest absolute Gasteiger partial charge is 0.486 e. The van der Waals surface area contributed by atoms with Crippen LogP contribution in [0.2, 0.25) is 0 Å². The Morgan fingerprint density at radius 1 is 1.07 bits per heavy atom. The van der Waals surface area contributed by atoms with E-state index in [0.717, 1.165) is 25.5 Å². The minimum absolute atomic E-state index is 0.0785. The summed E-state index contributed by atoms with van der Waals surface area (Å²) < 4.78 is 52.2. The van der Waals surface area contributed by atoms with E-state index in [1.54, 1.807) is 24.3 Å². The molecule has 0 atom stereocenters. The molecule has 2 rings (SSSR count). The molecule has 0 unspecified atom stereocenters. The van der Waals surface area contributed by atoms with Crippen LogP contribution in [-0.4, -0.2) is 29.2 Å². The Kier molecular flexibility index (Phi) is 7.32. The maximum Gasteiger partial charge on any atom is 0.421 e. The Bertz CT molecular complexity index is 804. The highest BCUT2D eigenvalue weighted by Gasteiger charge is 2.37. The van der Waals surface area contributed by atoms with E-state index in [2.05, 4.69) is 16.9 Å². The Labute approximate surface area is 169 Å². The number of benzene rings is 1. The zero-order chi connectivity index (χ0) is 21.7. The molecule has 0 fully saturated rings. The lowest BCUT2D eigenvalue weighted by Gasteiger charge is -2.28. The highest BCUT2D eigenvalue weighted by Crippen LogP contribution is 2.40. The van der Waals surface area contributed by atoms with Gasteiger partial charge in [-0.2, -0.15) is 18.2 Å². The molecule has 0 amide bonds. The molecule has 0 spiro atoms. The number of alkyl halides is 3. The van der Waals surface area contributed by atoms with Gasteiger partial charge >= 0.3 is 12.2 Å². The van der Waals surface area contributed by atoms with E-state index in [-0.39, 0.29) is 11.8 Å². The number of aromatic nitrogens is 2. The molecule has 0 saturated carbocycles. The molecule has 0 aliphatic carbocycles. The van der Waals surface area contributed by atoms with E-state index in [0.29, 0.717) is 18.0 Å². The zero-order valence-corrected chi connectivity index (χ0v) is 17.5. The fourth-order valence-corrected chi connectivity index (χ4v) is 2.66. The van der Waals surface area contributed by atoms with Gasteiger partial charge in [-0.05, 0) is 39.3 Å². The Hall–Kier alpha value is -2.51. The number of rotatable bonds is 8. The molecular weight excluding hydrogens is 383 g/mol. The first kappa shape index (κ1) is 22.8. The first-order valence-electron chi connectivity index (χ1n) is 9.61. The number of para-hydroxylation sites is 2. The van der Waals surface area contributed by atoms with Crippen molar-refractivity contribution in [3.63, 3.8) is 0 Å².